The van der Waals surface area contributed by atoms with Crippen LogP contribution in [0.4, 0.5) is 39.8 Å². The first-order chi connectivity index (χ1) is 31.2. The highest BCUT2D eigenvalue weighted by Gasteiger charge is 2.23. The molecule has 0 aliphatic rings. The molecule has 2 aromatic heterocycles. The van der Waals surface area contributed by atoms with E-state index in [1.807, 2.05) is 0 Å². The van der Waals surface area contributed by atoms with Gasteiger partial charge >= 0.3 is 0 Å². The summed E-state index contributed by atoms with van der Waals surface area (Å²) in [5.41, 5.74) is 21.0. The first kappa shape index (κ1) is 40.3. The monoisotopic (exact) mass is 847 g/mol. The van der Waals surface area contributed by atoms with Crippen LogP contribution in [0.2, 0.25) is 0 Å². The topological polar surface area (TPSA) is 36.0 Å². The molecule has 5 heteroatoms. The summed E-state index contributed by atoms with van der Waals surface area (Å²) in [5.74, 6) is 0. The largest absolute Gasteiger partial charge is 0.455 e. The molecule has 0 aliphatic carbocycles. The number of rotatable bonds is 7. The van der Waals surface area contributed by atoms with Crippen molar-refractivity contribution in [2.75, 3.05) is 28.8 Å². The minimum absolute atomic E-state index is 0.823. The van der Waals surface area contributed by atoms with Crippen molar-refractivity contribution in [2.45, 2.75) is 55.4 Å². The maximum Gasteiger partial charge on any atom is 0.162 e. The Balaban J connectivity index is 1.08. The third-order valence-corrected chi connectivity index (χ3v) is 12.9. The number of hydrogen-bond acceptors (Lipinski definition) is 5. The smallest absolute Gasteiger partial charge is 0.162 e. The number of aryl methyl sites for hydroxylation is 8. The van der Waals surface area contributed by atoms with E-state index in [0.29, 0.717) is 0 Å². The second kappa shape index (κ2) is 15.1. The van der Waals surface area contributed by atoms with E-state index >= 15 is 0 Å². The van der Waals surface area contributed by atoms with E-state index in [-0.39, 0.29) is 0 Å². The number of benzene rings is 9. The van der Waals surface area contributed by atoms with Gasteiger partial charge in [0.1, 0.15) is 16.7 Å². The van der Waals surface area contributed by atoms with Gasteiger partial charge in [0.25, 0.3) is 0 Å². The van der Waals surface area contributed by atoms with Crippen molar-refractivity contribution in [3.8, 4) is 0 Å². The summed E-state index contributed by atoms with van der Waals surface area (Å²) in [4.78, 5) is 6.90. The number of anilines is 7. The summed E-state index contributed by atoms with van der Waals surface area (Å²) in [6.07, 6.45) is 0. The van der Waals surface area contributed by atoms with Crippen LogP contribution >= 0.6 is 0 Å². The molecular weight excluding hydrogens is 795 g/mol. The van der Waals surface area contributed by atoms with Crippen molar-refractivity contribution in [3.05, 3.63) is 184 Å². The molecule has 0 fully saturated rings. The van der Waals surface area contributed by atoms with E-state index in [4.69, 9.17) is 8.83 Å². The molecule has 0 spiro atoms. The first-order valence-electron chi connectivity index (χ1n) is 22.6. The molecule has 0 bridgehead atoms. The maximum atomic E-state index is 7.01. The highest BCUT2D eigenvalue weighted by molar-refractivity contribution is 6.27. The van der Waals surface area contributed by atoms with Crippen molar-refractivity contribution < 1.29 is 8.83 Å². The van der Waals surface area contributed by atoms with E-state index in [2.05, 4.69) is 224 Å². The number of hydrogen-bond donors (Lipinski definition) is 0. The van der Waals surface area contributed by atoms with E-state index in [1.54, 1.807) is 0 Å². The average Bonchev–Trinajstić information content (AvgIpc) is 3.77. The molecule has 0 N–H and O–H groups in total. The zero-order valence-electron chi connectivity index (χ0n) is 38.9. The Morgan fingerprint density at radius 3 is 1.08 bits per heavy atom. The zero-order valence-corrected chi connectivity index (χ0v) is 38.9. The van der Waals surface area contributed by atoms with Crippen LogP contribution in [0.3, 0.4) is 0 Å². The van der Waals surface area contributed by atoms with Crippen LogP contribution in [0.5, 0.6) is 0 Å². The van der Waals surface area contributed by atoms with E-state index in [9.17, 15) is 0 Å². The van der Waals surface area contributed by atoms with Gasteiger partial charge in [-0.05, 0) is 225 Å². The second-order valence-electron chi connectivity index (χ2n) is 18.9. The molecule has 65 heavy (non-hydrogen) atoms. The summed E-state index contributed by atoms with van der Waals surface area (Å²) in [7, 11) is 4.17. The van der Waals surface area contributed by atoms with Crippen LogP contribution in [-0.2, 0) is 0 Å². The summed E-state index contributed by atoms with van der Waals surface area (Å²) in [5, 5.41) is 8.72. The standard InChI is InChI=1S/C60H53N3O2/c1-34-15-35(2)20-48(19-34)62(49-21-36(3)16-37(4)22-49)46-13-11-42-29-52-53-33-55(61(9)10)60-58(59(53)64-56(52)31-44(42)27-46)54-30-43-12-14-47(28-45(43)32-57(54)65-60)63(50-23-38(5)17-39(6)24-50)51-25-40(7)18-41(8)26-51/h11-33H,1-10H3. The molecule has 0 amide bonds. The number of nitrogens with zero attached hydrogens (tertiary/aromatic N) is 3. The lowest BCUT2D eigenvalue weighted by atomic mass is 10.0. The van der Waals surface area contributed by atoms with Crippen molar-refractivity contribution in [2.24, 2.45) is 0 Å². The third kappa shape index (κ3) is 7.03. The van der Waals surface area contributed by atoms with Crippen molar-refractivity contribution in [1.29, 1.82) is 0 Å². The van der Waals surface area contributed by atoms with Gasteiger partial charge in [-0.3, -0.25) is 0 Å². The fourth-order valence-corrected chi connectivity index (χ4v) is 10.4. The summed E-state index contributed by atoms with van der Waals surface area (Å²) in [6.45, 7) is 17.4. The highest BCUT2D eigenvalue weighted by Crippen LogP contribution is 2.47. The SMILES string of the molecule is Cc1cc(C)cc(N(c2cc(C)cc(C)c2)c2ccc3cc4c(cc3c2)oc2c4cc(N(C)C)c3oc4cc5cc(N(c6cc(C)cc(C)c6)c6cc(C)cc(C)c6)ccc5cc4c32)c1. The first-order valence-corrected chi connectivity index (χ1v) is 22.6. The lowest BCUT2D eigenvalue weighted by molar-refractivity contribution is 0.662. The van der Waals surface area contributed by atoms with Crippen molar-refractivity contribution in [1.82, 2.24) is 0 Å². The van der Waals surface area contributed by atoms with Gasteiger partial charge in [0.15, 0.2) is 5.58 Å². The van der Waals surface area contributed by atoms with Gasteiger partial charge in [0.05, 0.1) is 11.1 Å². The van der Waals surface area contributed by atoms with Crippen LogP contribution < -0.4 is 14.7 Å². The van der Waals surface area contributed by atoms with Gasteiger partial charge in [0.2, 0.25) is 0 Å². The molecule has 11 aromatic rings. The van der Waals surface area contributed by atoms with Crippen LogP contribution in [0.15, 0.2) is 148 Å². The van der Waals surface area contributed by atoms with Crippen molar-refractivity contribution >= 4 is 105 Å². The van der Waals surface area contributed by atoms with Crippen molar-refractivity contribution in [3.63, 3.8) is 0 Å². The Bertz CT molecular complexity index is 3570. The fraction of sp³-hybridized carbons (Fsp3) is 0.167. The quantitative estimate of drug-likeness (QED) is 0.160. The molecular formula is C60H53N3O2. The molecule has 0 unspecified atom stereocenters. The summed E-state index contributed by atoms with van der Waals surface area (Å²) < 4.78 is 13.9. The predicted molar refractivity (Wildman–Crippen MR) is 278 cm³/mol. The minimum Gasteiger partial charge on any atom is -0.455 e. The van der Waals surface area contributed by atoms with Gasteiger partial charge in [-0.25, -0.2) is 0 Å². The van der Waals surface area contributed by atoms with E-state index < -0.39 is 0 Å². The number of fused-ring (bicyclic) bond motifs is 9. The average molecular weight is 848 g/mol. The van der Waals surface area contributed by atoms with E-state index in [0.717, 1.165) is 105 Å². The normalized spacial score (nSPS) is 11.8. The van der Waals surface area contributed by atoms with Crippen LogP contribution in [0.1, 0.15) is 44.5 Å². The molecule has 11 rings (SSSR count). The molecule has 320 valence electrons. The predicted octanol–water partition coefficient (Wildman–Crippen LogP) is 17.3. The molecule has 0 aliphatic heterocycles. The zero-order chi connectivity index (χ0) is 45.0. The Kier molecular flexibility index (Phi) is 9.33. The maximum absolute atomic E-state index is 7.01. The lowest BCUT2D eigenvalue weighted by Crippen LogP contribution is -2.11. The second-order valence-corrected chi connectivity index (χ2v) is 18.9. The van der Waals surface area contributed by atoms with Gasteiger partial charge < -0.3 is 23.5 Å². The van der Waals surface area contributed by atoms with Crippen LogP contribution in [-0.4, -0.2) is 14.1 Å². The molecule has 9 aromatic carbocycles. The lowest BCUT2D eigenvalue weighted by Gasteiger charge is -2.27. The van der Waals surface area contributed by atoms with Crippen LogP contribution in [0, 0.1) is 55.4 Å². The highest BCUT2D eigenvalue weighted by atomic mass is 16.3. The van der Waals surface area contributed by atoms with E-state index in [1.165, 1.54) is 44.5 Å². The number of furan rings is 2. The van der Waals surface area contributed by atoms with Gasteiger partial charge in [-0.2, -0.15) is 0 Å². The third-order valence-electron chi connectivity index (χ3n) is 12.9. The van der Waals surface area contributed by atoms with Gasteiger partial charge in [-0.15, -0.1) is 0 Å². The summed E-state index contributed by atoms with van der Waals surface area (Å²) >= 11 is 0. The van der Waals surface area contributed by atoms with Gasteiger partial charge in [0, 0.05) is 64.4 Å². The molecule has 0 saturated heterocycles. The summed E-state index contributed by atoms with van der Waals surface area (Å²) in [6, 6.07) is 51.9. The molecule has 0 saturated carbocycles. The Morgan fingerprint density at radius 1 is 0.308 bits per heavy atom. The molecule has 0 atom stereocenters. The Hall–Kier alpha value is -7.50. The molecule has 2 heterocycles. The fourth-order valence-electron chi connectivity index (χ4n) is 10.4. The van der Waals surface area contributed by atoms with Gasteiger partial charge in [-0.1, -0.05) is 36.4 Å². The molecule has 5 nitrogen and oxygen atoms in total. The molecule has 0 radical (unpaired) electrons. The Morgan fingerprint density at radius 2 is 0.677 bits per heavy atom. The van der Waals surface area contributed by atoms with Crippen LogP contribution in [0.25, 0.3) is 65.4 Å². The Labute approximate surface area is 380 Å². The minimum atomic E-state index is 0.823.